The van der Waals surface area contributed by atoms with Crippen LogP contribution in [0.5, 0.6) is 0 Å². The monoisotopic (exact) mass is 363 g/mol. The summed E-state index contributed by atoms with van der Waals surface area (Å²) in [5.41, 5.74) is -0.547. The molecule has 0 saturated carbocycles. The highest BCUT2D eigenvalue weighted by atomic mass is 35.5. The van der Waals surface area contributed by atoms with Crippen LogP contribution >= 0.6 is 11.6 Å². The number of halogens is 1. The second-order valence-corrected chi connectivity index (χ2v) is 7.48. The first-order valence-corrected chi connectivity index (χ1v) is 8.87. The van der Waals surface area contributed by atoms with Crippen molar-refractivity contribution in [1.29, 1.82) is 0 Å². The van der Waals surface area contributed by atoms with Crippen LogP contribution in [0.25, 0.3) is 0 Å². The maximum Gasteiger partial charge on any atom is 0.325 e. The van der Waals surface area contributed by atoms with E-state index < -0.39 is 17.5 Å². The molecule has 6 nitrogen and oxygen atoms in total. The summed E-state index contributed by atoms with van der Waals surface area (Å²) in [4.78, 5) is 40.4. The minimum atomic E-state index is -1.18. The summed E-state index contributed by atoms with van der Waals surface area (Å²) in [7, 11) is 0. The number of nitrogens with one attached hydrogen (secondary N) is 1. The fourth-order valence-electron chi connectivity index (χ4n) is 3.47. The molecule has 2 atom stereocenters. The van der Waals surface area contributed by atoms with Crippen LogP contribution in [0.4, 0.5) is 4.79 Å². The molecule has 2 aliphatic rings. The topological polar surface area (TPSA) is 69.7 Å². The van der Waals surface area contributed by atoms with E-state index in [2.05, 4.69) is 12.2 Å². The maximum atomic E-state index is 12.8. The SMILES string of the molecule is C[C@H]1CCCN(C(=O)CN2C(=O)N[C@](C)(c3ccc(Cl)cc3)C2=O)C1. The van der Waals surface area contributed by atoms with E-state index in [4.69, 9.17) is 11.6 Å². The molecular formula is C18H22ClN3O3. The number of likely N-dealkylation sites (tertiary alicyclic amines) is 1. The number of hydrogen-bond donors (Lipinski definition) is 1. The first kappa shape index (κ1) is 17.7. The van der Waals surface area contributed by atoms with Gasteiger partial charge in [-0.25, -0.2) is 4.79 Å². The van der Waals surface area contributed by atoms with Gasteiger partial charge in [-0.2, -0.15) is 0 Å². The molecule has 2 aliphatic heterocycles. The van der Waals surface area contributed by atoms with Gasteiger partial charge in [-0.15, -0.1) is 0 Å². The Morgan fingerprint density at radius 2 is 2.00 bits per heavy atom. The molecule has 134 valence electrons. The quantitative estimate of drug-likeness (QED) is 0.838. The summed E-state index contributed by atoms with van der Waals surface area (Å²) in [6, 6.07) is 6.21. The van der Waals surface area contributed by atoms with Crippen LogP contribution in [-0.4, -0.2) is 47.3 Å². The van der Waals surface area contributed by atoms with Gasteiger partial charge in [0.05, 0.1) is 0 Å². The van der Waals surface area contributed by atoms with Gasteiger partial charge >= 0.3 is 6.03 Å². The van der Waals surface area contributed by atoms with Crippen molar-refractivity contribution in [2.75, 3.05) is 19.6 Å². The standard InChI is InChI=1S/C18H22ClN3O3/c1-12-4-3-9-21(10-12)15(23)11-22-16(24)18(2,20-17(22)25)13-5-7-14(19)8-6-13/h5-8,12H,3-4,9-11H2,1-2H3,(H,20,25)/t12-,18+/m0/s1. The third-order valence-electron chi connectivity index (χ3n) is 5.00. The van der Waals surface area contributed by atoms with Gasteiger partial charge in [-0.05, 0) is 43.4 Å². The molecule has 0 aliphatic carbocycles. The molecule has 25 heavy (non-hydrogen) atoms. The zero-order valence-corrected chi connectivity index (χ0v) is 15.2. The zero-order valence-electron chi connectivity index (χ0n) is 14.4. The summed E-state index contributed by atoms with van der Waals surface area (Å²) in [5.74, 6) is -0.159. The van der Waals surface area contributed by atoms with Crippen molar-refractivity contribution >= 4 is 29.4 Å². The molecule has 0 unspecified atom stereocenters. The van der Waals surface area contributed by atoms with Crippen molar-refractivity contribution in [2.24, 2.45) is 5.92 Å². The molecule has 0 aromatic heterocycles. The number of amides is 4. The second-order valence-electron chi connectivity index (χ2n) is 7.04. The van der Waals surface area contributed by atoms with Crippen molar-refractivity contribution in [3.05, 3.63) is 34.9 Å². The van der Waals surface area contributed by atoms with E-state index in [0.717, 1.165) is 17.7 Å². The number of imide groups is 1. The number of rotatable bonds is 3. The molecule has 0 spiro atoms. The summed E-state index contributed by atoms with van der Waals surface area (Å²) in [6.45, 7) is 4.88. The summed E-state index contributed by atoms with van der Waals surface area (Å²) in [5, 5.41) is 3.26. The first-order chi connectivity index (χ1) is 11.8. The van der Waals surface area contributed by atoms with Gasteiger partial charge in [0.15, 0.2) is 0 Å². The lowest BCUT2D eigenvalue weighted by Crippen LogP contribution is -2.47. The van der Waals surface area contributed by atoms with Gasteiger partial charge in [0.1, 0.15) is 12.1 Å². The fourth-order valence-corrected chi connectivity index (χ4v) is 3.60. The number of carbonyl (C=O) groups is 3. The minimum Gasteiger partial charge on any atom is -0.341 e. The van der Waals surface area contributed by atoms with Crippen molar-refractivity contribution < 1.29 is 14.4 Å². The Kier molecular flexibility index (Phi) is 4.73. The second kappa shape index (κ2) is 6.67. The molecule has 0 bridgehead atoms. The minimum absolute atomic E-state index is 0.185. The number of piperidine rings is 1. The third-order valence-corrected chi connectivity index (χ3v) is 5.25. The van der Waals surface area contributed by atoms with Gasteiger partial charge in [0, 0.05) is 18.1 Å². The fraction of sp³-hybridized carbons (Fsp3) is 0.500. The van der Waals surface area contributed by atoms with E-state index in [1.54, 1.807) is 36.1 Å². The number of nitrogens with zero attached hydrogens (tertiary/aromatic N) is 2. The van der Waals surface area contributed by atoms with Crippen LogP contribution in [0, 0.1) is 5.92 Å². The third kappa shape index (κ3) is 3.35. The predicted octanol–water partition coefficient (Wildman–Crippen LogP) is 2.37. The van der Waals surface area contributed by atoms with Crippen LogP contribution < -0.4 is 5.32 Å². The molecular weight excluding hydrogens is 342 g/mol. The molecule has 2 fully saturated rings. The Labute approximate surface area is 152 Å². The van der Waals surface area contributed by atoms with E-state index in [1.165, 1.54) is 0 Å². The highest BCUT2D eigenvalue weighted by Gasteiger charge is 2.49. The Bertz CT molecular complexity index is 706. The highest BCUT2D eigenvalue weighted by Crippen LogP contribution is 2.29. The van der Waals surface area contributed by atoms with Crippen LogP contribution in [0.1, 0.15) is 32.3 Å². The average Bonchev–Trinajstić information content (AvgIpc) is 2.79. The molecule has 1 aromatic rings. The molecule has 3 rings (SSSR count). The van der Waals surface area contributed by atoms with Crippen molar-refractivity contribution in [2.45, 2.75) is 32.2 Å². The summed E-state index contributed by atoms with van der Waals surface area (Å²) >= 11 is 5.89. The molecule has 1 aromatic carbocycles. The number of benzene rings is 1. The van der Waals surface area contributed by atoms with E-state index in [0.29, 0.717) is 29.6 Å². The van der Waals surface area contributed by atoms with Crippen LogP contribution in [0.15, 0.2) is 24.3 Å². The number of hydrogen-bond acceptors (Lipinski definition) is 3. The van der Waals surface area contributed by atoms with E-state index in [1.807, 2.05) is 0 Å². The zero-order chi connectivity index (χ0) is 18.2. The van der Waals surface area contributed by atoms with Crippen LogP contribution in [0.3, 0.4) is 0 Å². The molecule has 4 amide bonds. The van der Waals surface area contributed by atoms with Gasteiger partial charge in [-0.1, -0.05) is 30.7 Å². The lowest BCUT2D eigenvalue weighted by Gasteiger charge is -2.31. The normalized spacial score (nSPS) is 26.8. The first-order valence-electron chi connectivity index (χ1n) is 8.49. The molecule has 2 heterocycles. The van der Waals surface area contributed by atoms with Gasteiger partial charge in [0.2, 0.25) is 5.91 Å². The maximum absolute atomic E-state index is 12.8. The average molecular weight is 364 g/mol. The van der Waals surface area contributed by atoms with Gasteiger partial charge in [0.25, 0.3) is 5.91 Å². The van der Waals surface area contributed by atoms with Crippen molar-refractivity contribution in [1.82, 2.24) is 15.1 Å². The Morgan fingerprint density at radius 1 is 1.32 bits per heavy atom. The number of urea groups is 1. The highest BCUT2D eigenvalue weighted by molar-refractivity contribution is 6.30. The Hall–Kier alpha value is -2.08. The van der Waals surface area contributed by atoms with Crippen molar-refractivity contribution in [3.8, 4) is 0 Å². The molecule has 1 N–H and O–H groups in total. The van der Waals surface area contributed by atoms with Crippen molar-refractivity contribution in [3.63, 3.8) is 0 Å². The predicted molar refractivity (Wildman–Crippen MR) is 94.0 cm³/mol. The molecule has 0 radical (unpaired) electrons. The number of carbonyl (C=O) groups excluding carboxylic acids is 3. The smallest absolute Gasteiger partial charge is 0.325 e. The van der Waals surface area contributed by atoms with Gasteiger partial charge < -0.3 is 10.2 Å². The van der Waals surface area contributed by atoms with Crippen LogP contribution in [0.2, 0.25) is 5.02 Å². The largest absolute Gasteiger partial charge is 0.341 e. The molecule has 7 heteroatoms. The summed E-state index contributed by atoms with van der Waals surface area (Å²) in [6.07, 6.45) is 2.05. The lowest BCUT2D eigenvalue weighted by molar-refractivity contribution is -0.139. The lowest BCUT2D eigenvalue weighted by atomic mass is 9.92. The van der Waals surface area contributed by atoms with Gasteiger partial charge in [-0.3, -0.25) is 14.5 Å². The summed E-state index contributed by atoms with van der Waals surface area (Å²) < 4.78 is 0. The Morgan fingerprint density at radius 3 is 2.64 bits per heavy atom. The van der Waals surface area contributed by atoms with Crippen LogP contribution in [-0.2, 0) is 15.1 Å². The molecule has 2 saturated heterocycles. The van der Waals surface area contributed by atoms with E-state index >= 15 is 0 Å². The van der Waals surface area contributed by atoms with E-state index in [-0.39, 0.29) is 12.5 Å². The Balaban J connectivity index is 1.75. The van der Waals surface area contributed by atoms with E-state index in [9.17, 15) is 14.4 Å².